The third-order valence-electron chi connectivity index (χ3n) is 3.15. The van der Waals surface area contributed by atoms with Crippen molar-refractivity contribution in [3.8, 4) is 0 Å². The van der Waals surface area contributed by atoms with Crippen LogP contribution in [0.5, 0.6) is 0 Å². The van der Waals surface area contributed by atoms with Crippen molar-refractivity contribution in [3.63, 3.8) is 0 Å². The number of carbonyl (C=O) groups excluding carboxylic acids is 1. The zero-order valence-corrected chi connectivity index (χ0v) is 9.89. The smallest absolute Gasteiger partial charge is 0.238 e. The molecule has 1 atom stereocenters. The molecule has 0 saturated carbocycles. The molecule has 1 aliphatic heterocycles. The maximum Gasteiger partial charge on any atom is 0.238 e. The van der Waals surface area contributed by atoms with Gasteiger partial charge in [-0.3, -0.25) is 10.1 Å². The number of para-hydroxylation sites is 1. The van der Waals surface area contributed by atoms with Gasteiger partial charge in [0.25, 0.3) is 0 Å². The fourth-order valence-electron chi connectivity index (χ4n) is 2.30. The molecular formula is C15H14N2O. The van der Waals surface area contributed by atoms with Gasteiger partial charge in [-0.1, -0.05) is 48.5 Å². The minimum absolute atomic E-state index is 0.000816. The van der Waals surface area contributed by atoms with E-state index in [2.05, 4.69) is 22.8 Å². The summed E-state index contributed by atoms with van der Waals surface area (Å²) in [6.45, 7) is 0.328. The minimum atomic E-state index is 0.000816. The molecule has 3 heteroatoms. The molecule has 0 aromatic heterocycles. The zero-order chi connectivity index (χ0) is 12.4. The highest BCUT2D eigenvalue weighted by Crippen LogP contribution is 2.29. The summed E-state index contributed by atoms with van der Waals surface area (Å²) in [5.74, 6) is 0.000816. The monoisotopic (exact) mass is 238 g/mol. The van der Waals surface area contributed by atoms with Gasteiger partial charge in [0.2, 0.25) is 5.91 Å². The predicted octanol–water partition coefficient (Wildman–Crippen LogP) is 2.32. The summed E-state index contributed by atoms with van der Waals surface area (Å²) in [5.41, 5.74) is 3.16. The number of nitrogens with one attached hydrogen (secondary N) is 2. The van der Waals surface area contributed by atoms with Crippen LogP contribution in [-0.4, -0.2) is 12.5 Å². The fourth-order valence-corrected chi connectivity index (χ4v) is 2.30. The number of hydrogen-bond acceptors (Lipinski definition) is 2. The van der Waals surface area contributed by atoms with E-state index in [1.54, 1.807) is 0 Å². The molecule has 1 amide bonds. The maximum absolute atomic E-state index is 11.6. The van der Waals surface area contributed by atoms with Crippen molar-refractivity contribution in [2.24, 2.45) is 0 Å². The Morgan fingerprint density at radius 3 is 2.50 bits per heavy atom. The highest BCUT2D eigenvalue weighted by atomic mass is 16.1. The van der Waals surface area contributed by atoms with Crippen molar-refractivity contribution in [1.29, 1.82) is 0 Å². The van der Waals surface area contributed by atoms with Crippen molar-refractivity contribution in [3.05, 3.63) is 65.7 Å². The van der Waals surface area contributed by atoms with E-state index in [0.717, 1.165) is 11.3 Å². The molecule has 18 heavy (non-hydrogen) atoms. The number of anilines is 1. The third kappa shape index (κ3) is 2.00. The van der Waals surface area contributed by atoms with E-state index >= 15 is 0 Å². The molecule has 1 aliphatic rings. The summed E-state index contributed by atoms with van der Waals surface area (Å²) < 4.78 is 0. The molecule has 2 aromatic carbocycles. The van der Waals surface area contributed by atoms with Gasteiger partial charge in [0.1, 0.15) is 0 Å². The molecule has 2 aromatic rings. The lowest BCUT2D eigenvalue weighted by Crippen LogP contribution is -2.27. The highest BCUT2D eigenvalue weighted by molar-refractivity contribution is 5.94. The minimum Gasteiger partial charge on any atom is -0.325 e. The molecule has 2 N–H and O–H groups in total. The Morgan fingerprint density at radius 2 is 1.67 bits per heavy atom. The van der Waals surface area contributed by atoms with Crippen LogP contribution in [0.1, 0.15) is 17.2 Å². The Balaban J connectivity index is 2.08. The topological polar surface area (TPSA) is 41.1 Å². The quantitative estimate of drug-likeness (QED) is 0.800. The van der Waals surface area contributed by atoms with Gasteiger partial charge in [0, 0.05) is 5.69 Å². The number of hydrogen-bond donors (Lipinski definition) is 2. The van der Waals surface area contributed by atoms with Gasteiger partial charge in [0.05, 0.1) is 12.6 Å². The van der Waals surface area contributed by atoms with Crippen molar-refractivity contribution in [1.82, 2.24) is 5.32 Å². The van der Waals surface area contributed by atoms with E-state index in [-0.39, 0.29) is 11.9 Å². The summed E-state index contributed by atoms with van der Waals surface area (Å²) in [4.78, 5) is 11.6. The number of amides is 1. The van der Waals surface area contributed by atoms with Gasteiger partial charge in [-0.25, -0.2) is 0 Å². The first-order chi connectivity index (χ1) is 8.84. The Hall–Kier alpha value is -2.13. The molecule has 0 aliphatic carbocycles. The van der Waals surface area contributed by atoms with Crippen LogP contribution in [0, 0.1) is 0 Å². The van der Waals surface area contributed by atoms with Crippen molar-refractivity contribution in [2.75, 3.05) is 11.9 Å². The molecule has 0 bridgehead atoms. The molecule has 3 nitrogen and oxygen atoms in total. The Morgan fingerprint density at radius 1 is 0.944 bits per heavy atom. The number of rotatable bonds is 1. The SMILES string of the molecule is O=C1CNC(c2ccccc2)c2ccccc2N1. The number of benzene rings is 2. The van der Waals surface area contributed by atoms with Gasteiger partial charge < -0.3 is 5.32 Å². The van der Waals surface area contributed by atoms with Crippen molar-refractivity contribution in [2.45, 2.75) is 6.04 Å². The summed E-state index contributed by atoms with van der Waals surface area (Å²) in [6, 6.07) is 18.1. The second kappa shape index (κ2) is 4.63. The average molecular weight is 238 g/mol. The lowest BCUT2D eigenvalue weighted by Gasteiger charge is -2.18. The fraction of sp³-hybridized carbons (Fsp3) is 0.133. The summed E-state index contributed by atoms with van der Waals surface area (Å²) in [5, 5.41) is 6.21. The molecule has 1 heterocycles. The lowest BCUT2D eigenvalue weighted by molar-refractivity contribution is -0.115. The van der Waals surface area contributed by atoms with Crippen LogP contribution < -0.4 is 10.6 Å². The largest absolute Gasteiger partial charge is 0.325 e. The van der Waals surface area contributed by atoms with Crippen LogP contribution in [0.25, 0.3) is 0 Å². The van der Waals surface area contributed by atoms with E-state index in [9.17, 15) is 4.79 Å². The van der Waals surface area contributed by atoms with E-state index < -0.39 is 0 Å². The van der Waals surface area contributed by atoms with Gasteiger partial charge in [0.15, 0.2) is 0 Å². The number of fused-ring (bicyclic) bond motifs is 1. The lowest BCUT2D eigenvalue weighted by atomic mass is 9.97. The van der Waals surface area contributed by atoms with Gasteiger partial charge >= 0.3 is 0 Å². The Bertz CT molecular complexity index is 566. The van der Waals surface area contributed by atoms with Crippen LogP contribution >= 0.6 is 0 Å². The first kappa shape index (κ1) is 11.0. The Kier molecular flexibility index (Phi) is 2.82. The molecular weight excluding hydrogens is 224 g/mol. The van der Waals surface area contributed by atoms with Gasteiger partial charge in [-0.2, -0.15) is 0 Å². The second-order valence-electron chi connectivity index (χ2n) is 4.36. The third-order valence-corrected chi connectivity index (χ3v) is 3.15. The van der Waals surface area contributed by atoms with Crippen molar-refractivity contribution < 1.29 is 4.79 Å². The molecule has 0 spiro atoms. The predicted molar refractivity (Wildman–Crippen MR) is 71.4 cm³/mol. The first-order valence-electron chi connectivity index (χ1n) is 6.02. The second-order valence-corrected chi connectivity index (χ2v) is 4.36. The van der Waals surface area contributed by atoms with E-state index in [4.69, 9.17) is 0 Å². The summed E-state index contributed by atoms with van der Waals surface area (Å²) >= 11 is 0. The first-order valence-corrected chi connectivity index (χ1v) is 6.02. The van der Waals surface area contributed by atoms with Crippen LogP contribution in [0.4, 0.5) is 5.69 Å². The average Bonchev–Trinajstić information content (AvgIpc) is 2.58. The van der Waals surface area contributed by atoms with E-state index in [1.807, 2.05) is 42.5 Å². The van der Waals surface area contributed by atoms with Gasteiger partial charge in [-0.05, 0) is 17.2 Å². The molecule has 90 valence electrons. The van der Waals surface area contributed by atoms with E-state index in [1.165, 1.54) is 5.56 Å². The summed E-state index contributed by atoms with van der Waals surface area (Å²) in [7, 11) is 0. The molecule has 0 saturated heterocycles. The van der Waals surface area contributed by atoms with Crippen LogP contribution in [0.2, 0.25) is 0 Å². The van der Waals surface area contributed by atoms with Crippen LogP contribution in [0.15, 0.2) is 54.6 Å². The molecule has 1 unspecified atom stereocenters. The molecule has 3 rings (SSSR count). The van der Waals surface area contributed by atoms with Gasteiger partial charge in [-0.15, -0.1) is 0 Å². The standard InChI is InChI=1S/C15H14N2O/c18-14-10-16-15(11-6-2-1-3-7-11)12-8-4-5-9-13(12)17-14/h1-9,15-16H,10H2,(H,17,18). The maximum atomic E-state index is 11.6. The zero-order valence-electron chi connectivity index (χ0n) is 9.89. The molecule has 0 radical (unpaired) electrons. The Labute approximate surface area is 106 Å². The van der Waals surface area contributed by atoms with Crippen molar-refractivity contribution >= 4 is 11.6 Å². The highest BCUT2D eigenvalue weighted by Gasteiger charge is 2.21. The van der Waals surface area contributed by atoms with Crippen LogP contribution in [-0.2, 0) is 4.79 Å². The molecule has 0 fully saturated rings. The van der Waals surface area contributed by atoms with E-state index in [0.29, 0.717) is 6.54 Å². The normalized spacial score (nSPS) is 18.7. The summed E-state index contributed by atoms with van der Waals surface area (Å²) in [6.07, 6.45) is 0. The number of carbonyl (C=O) groups is 1. The van der Waals surface area contributed by atoms with Crippen LogP contribution in [0.3, 0.4) is 0 Å².